The summed E-state index contributed by atoms with van der Waals surface area (Å²) in [6, 6.07) is 0. The summed E-state index contributed by atoms with van der Waals surface area (Å²) in [5.74, 6) is -0.952. The van der Waals surface area contributed by atoms with Gasteiger partial charge in [0, 0.05) is 5.97 Å². The highest BCUT2D eigenvalue weighted by atomic mass is 16.4. The zero-order chi connectivity index (χ0) is 22.5. The summed E-state index contributed by atoms with van der Waals surface area (Å²) in [4.78, 5) is 10.4. The van der Waals surface area contributed by atoms with Crippen LogP contribution in [0, 0.1) is 0 Å². The van der Waals surface area contributed by atoms with Crippen LogP contribution >= 0.6 is 0 Å². The molecule has 0 rings (SSSR count). The van der Waals surface area contributed by atoms with Crippen LogP contribution in [0.4, 0.5) is 0 Å². The van der Waals surface area contributed by atoms with Crippen LogP contribution in [-0.4, -0.2) is 48.8 Å². The number of aliphatic carboxylic acids is 1. The molecule has 0 saturated carbocycles. The van der Waals surface area contributed by atoms with Gasteiger partial charge in [0.25, 0.3) is 0 Å². The predicted octanol–water partition coefficient (Wildman–Crippen LogP) is 5.61. The largest absolute Gasteiger partial charge is 0.550 e. The summed E-state index contributed by atoms with van der Waals surface area (Å²) >= 11 is 0. The lowest BCUT2D eigenvalue weighted by atomic mass is 10.0. The van der Waals surface area contributed by atoms with E-state index in [4.69, 9.17) is 0 Å². The molecule has 0 radical (unpaired) electrons. The molecule has 0 aliphatic heterocycles. The summed E-state index contributed by atoms with van der Waals surface area (Å²) in [6.45, 7) is 4.06. The van der Waals surface area contributed by atoms with Gasteiger partial charge in [-0.25, -0.2) is 0 Å². The molecule has 0 aliphatic rings. The summed E-state index contributed by atoms with van der Waals surface area (Å²) in [6.07, 6.45) is 22.6. The van der Waals surface area contributed by atoms with Gasteiger partial charge >= 0.3 is 0 Å². The average molecular weight is 428 g/mol. The fourth-order valence-corrected chi connectivity index (χ4v) is 4.31. The Labute approximate surface area is 188 Å². The number of carboxylic acid groups (broad SMARTS) is 1. The predicted molar refractivity (Wildman–Crippen MR) is 126 cm³/mol. The Balaban J connectivity index is 3.43. The Morgan fingerprint density at radius 1 is 0.733 bits per heavy atom. The van der Waals surface area contributed by atoms with Crippen molar-refractivity contribution in [3.63, 3.8) is 0 Å². The molecule has 0 aromatic carbocycles. The molecule has 0 fully saturated rings. The zero-order valence-corrected chi connectivity index (χ0v) is 20.6. The highest BCUT2D eigenvalue weighted by Gasteiger charge is 2.19. The zero-order valence-electron chi connectivity index (χ0n) is 20.6. The number of carboxylic acids is 1. The number of carbonyl (C=O) groups is 1. The minimum absolute atomic E-state index is 0.162. The van der Waals surface area contributed by atoms with E-state index in [0.717, 1.165) is 43.3 Å². The molecule has 4 nitrogen and oxygen atoms in total. The fraction of sp³-hybridized carbons (Fsp3) is 0.962. The van der Waals surface area contributed by atoms with Gasteiger partial charge in [-0.05, 0) is 32.1 Å². The first-order valence-corrected chi connectivity index (χ1v) is 13.1. The Kier molecular flexibility index (Phi) is 19.9. The number of hydrogen-bond donors (Lipinski definition) is 1. The van der Waals surface area contributed by atoms with E-state index in [-0.39, 0.29) is 12.5 Å². The molecule has 180 valence electrons. The van der Waals surface area contributed by atoms with Crippen LogP contribution in [0.2, 0.25) is 0 Å². The lowest BCUT2D eigenvalue weighted by molar-refractivity contribution is -0.893. The van der Waals surface area contributed by atoms with Crippen molar-refractivity contribution in [2.45, 2.75) is 135 Å². The first kappa shape index (κ1) is 29.4. The summed E-state index contributed by atoms with van der Waals surface area (Å²) in [5.41, 5.74) is 0. The number of aliphatic hydroxyl groups is 1. The van der Waals surface area contributed by atoms with E-state index in [1.807, 2.05) is 0 Å². The number of nitrogens with zero attached hydrogens (tertiary/aromatic N) is 1. The highest BCUT2D eigenvalue weighted by Crippen LogP contribution is 2.15. The number of hydrogen-bond acceptors (Lipinski definition) is 3. The minimum Gasteiger partial charge on any atom is -0.550 e. The van der Waals surface area contributed by atoms with E-state index >= 15 is 0 Å². The monoisotopic (exact) mass is 427 g/mol. The van der Waals surface area contributed by atoms with Crippen LogP contribution in [0.15, 0.2) is 0 Å². The van der Waals surface area contributed by atoms with Crippen LogP contribution in [0.5, 0.6) is 0 Å². The Bertz CT molecular complexity index is 384. The molecular weight excluding hydrogens is 374 g/mol. The van der Waals surface area contributed by atoms with Crippen molar-refractivity contribution in [3.05, 3.63) is 0 Å². The van der Waals surface area contributed by atoms with E-state index in [0.29, 0.717) is 6.42 Å². The summed E-state index contributed by atoms with van der Waals surface area (Å²) in [7, 11) is 4.32. The Morgan fingerprint density at radius 3 is 1.63 bits per heavy atom. The van der Waals surface area contributed by atoms with Crippen molar-refractivity contribution in [3.8, 4) is 0 Å². The quantitative estimate of drug-likeness (QED) is 0.170. The van der Waals surface area contributed by atoms with E-state index in [1.54, 1.807) is 0 Å². The Morgan fingerprint density at radius 2 is 1.17 bits per heavy atom. The molecule has 0 aliphatic carbocycles. The van der Waals surface area contributed by atoms with Gasteiger partial charge in [-0.1, -0.05) is 96.8 Å². The molecule has 4 heteroatoms. The number of aliphatic hydroxyl groups excluding tert-OH is 1. The van der Waals surface area contributed by atoms with Crippen LogP contribution in [0.3, 0.4) is 0 Å². The molecule has 0 aromatic rings. The minimum atomic E-state index is -0.952. The van der Waals surface area contributed by atoms with E-state index in [2.05, 4.69) is 21.0 Å². The molecule has 0 amide bonds. The topological polar surface area (TPSA) is 60.4 Å². The maximum atomic E-state index is 10.4. The second-order valence-electron chi connectivity index (χ2n) is 10.1. The highest BCUT2D eigenvalue weighted by molar-refractivity contribution is 5.63. The van der Waals surface area contributed by atoms with Gasteiger partial charge in [0.05, 0.1) is 20.6 Å². The average Bonchev–Trinajstić information content (AvgIpc) is 2.67. The molecule has 30 heavy (non-hydrogen) atoms. The third-order valence-electron chi connectivity index (χ3n) is 6.24. The summed E-state index contributed by atoms with van der Waals surface area (Å²) in [5, 5.41) is 20.8. The second kappa shape index (κ2) is 20.3. The van der Waals surface area contributed by atoms with Gasteiger partial charge in [-0.15, -0.1) is 0 Å². The van der Waals surface area contributed by atoms with Gasteiger partial charge in [-0.2, -0.15) is 0 Å². The molecule has 1 atom stereocenters. The van der Waals surface area contributed by atoms with Gasteiger partial charge in [-0.3, -0.25) is 0 Å². The van der Waals surface area contributed by atoms with Gasteiger partial charge < -0.3 is 19.5 Å². The first-order chi connectivity index (χ1) is 14.4. The number of quaternary nitrogens is 1. The van der Waals surface area contributed by atoms with Crippen LogP contribution in [0.1, 0.15) is 129 Å². The van der Waals surface area contributed by atoms with Crippen LogP contribution in [0.25, 0.3) is 0 Å². The fourth-order valence-electron chi connectivity index (χ4n) is 4.31. The smallest absolute Gasteiger partial charge is 0.105 e. The van der Waals surface area contributed by atoms with E-state index < -0.39 is 5.97 Å². The lowest BCUT2D eigenvalue weighted by Gasteiger charge is -2.32. The third-order valence-corrected chi connectivity index (χ3v) is 6.24. The molecule has 0 saturated heterocycles. The molecule has 0 aromatic heterocycles. The molecule has 0 heterocycles. The van der Waals surface area contributed by atoms with Crippen LogP contribution < -0.4 is 5.11 Å². The van der Waals surface area contributed by atoms with Gasteiger partial charge in [0.1, 0.15) is 12.6 Å². The normalized spacial score (nSPS) is 12.9. The maximum Gasteiger partial charge on any atom is 0.105 e. The van der Waals surface area contributed by atoms with Crippen molar-refractivity contribution in [1.29, 1.82) is 0 Å². The summed E-state index contributed by atoms with van der Waals surface area (Å²) < 4.78 is 0.811. The van der Waals surface area contributed by atoms with Crippen LogP contribution in [-0.2, 0) is 4.79 Å². The van der Waals surface area contributed by atoms with Crippen molar-refractivity contribution in [2.75, 3.05) is 27.2 Å². The molecule has 0 spiro atoms. The lowest BCUT2D eigenvalue weighted by Crippen LogP contribution is -2.46. The number of rotatable bonds is 23. The van der Waals surface area contributed by atoms with E-state index in [9.17, 15) is 15.0 Å². The molecule has 1 N–H and O–H groups in total. The SMILES string of the molecule is CCCCCCCCCCCCCCCCC(O)C[N+](C)(C)CCCCCC(=O)[O-]. The molecule has 1 unspecified atom stereocenters. The standard InChI is InChI=1S/C26H53NO3/c1-4-5-6-7-8-9-10-11-12-13-14-15-16-18-21-25(28)24-27(2,3)23-20-17-19-22-26(29)30/h25,28H,4-24H2,1-3H3. The number of carbonyl (C=O) groups excluding carboxylic acids is 1. The molecular formula is C26H53NO3. The Hall–Kier alpha value is -0.610. The van der Waals surface area contributed by atoms with Crippen molar-refractivity contribution >= 4 is 5.97 Å². The second-order valence-corrected chi connectivity index (χ2v) is 10.1. The van der Waals surface area contributed by atoms with Gasteiger partial charge in [0.2, 0.25) is 0 Å². The maximum absolute atomic E-state index is 10.4. The number of unbranched alkanes of at least 4 members (excludes halogenated alkanes) is 15. The molecule has 0 bridgehead atoms. The van der Waals surface area contributed by atoms with Crippen molar-refractivity contribution in [1.82, 2.24) is 0 Å². The number of likely N-dealkylation sites (N-methyl/N-ethyl adjacent to an activating group) is 1. The van der Waals surface area contributed by atoms with Gasteiger partial charge in [0.15, 0.2) is 0 Å². The van der Waals surface area contributed by atoms with E-state index in [1.165, 1.54) is 83.5 Å². The van der Waals surface area contributed by atoms with Crippen molar-refractivity contribution < 1.29 is 19.5 Å². The third kappa shape index (κ3) is 22.1. The van der Waals surface area contributed by atoms with Crippen molar-refractivity contribution in [2.24, 2.45) is 0 Å². The first-order valence-electron chi connectivity index (χ1n) is 13.1.